The summed E-state index contributed by atoms with van der Waals surface area (Å²) >= 11 is 0. The van der Waals surface area contributed by atoms with E-state index in [1.807, 2.05) is 32.0 Å². The summed E-state index contributed by atoms with van der Waals surface area (Å²) in [5.74, 6) is -0.309. The molecule has 3 aromatic rings. The maximum Gasteiger partial charge on any atom is 0.276 e. The maximum absolute atomic E-state index is 12.2. The Kier molecular flexibility index (Phi) is 5.41. The molecule has 2 aromatic carbocycles. The molecule has 0 saturated heterocycles. The first-order valence-electron chi connectivity index (χ1n) is 8.15. The fraction of sp³-hybridized carbons (Fsp3) is 0.167. The Hall–Kier alpha value is -3.75. The van der Waals surface area contributed by atoms with E-state index in [1.54, 1.807) is 24.3 Å². The first-order chi connectivity index (χ1) is 13.0. The van der Waals surface area contributed by atoms with Gasteiger partial charge in [0.15, 0.2) is 6.61 Å². The van der Waals surface area contributed by atoms with E-state index in [1.165, 1.54) is 11.0 Å². The van der Waals surface area contributed by atoms with Crippen LogP contribution < -0.4 is 15.6 Å². The number of carbonyl (C=O) groups excluding carboxylic acids is 2. The summed E-state index contributed by atoms with van der Waals surface area (Å²) in [6, 6.07) is 12.4. The number of hydrogen-bond donors (Lipinski definition) is 2. The van der Waals surface area contributed by atoms with Crippen LogP contribution in [0.25, 0.3) is 5.69 Å². The van der Waals surface area contributed by atoms with E-state index in [9.17, 15) is 9.59 Å². The Morgan fingerprint density at radius 1 is 1.11 bits per heavy atom. The molecule has 0 fully saturated rings. The Bertz CT molecular complexity index is 955. The highest BCUT2D eigenvalue weighted by atomic mass is 16.5. The molecule has 0 bridgehead atoms. The Labute approximate surface area is 155 Å². The normalized spacial score (nSPS) is 10.3. The van der Waals surface area contributed by atoms with E-state index in [0.717, 1.165) is 11.1 Å². The lowest BCUT2D eigenvalue weighted by molar-refractivity contribution is -0.123. The van der Waals surface area contributed by atoms with E-state index < -0.39 is 11.8 Å². The number of aryl methyl sites for hydroxylation is 2. The van der Waals surface area contributed by atoms with E-state index in [0.29, 0.717) is 17.0 Å². The number of carbonyl (C=O) groups is 2. The van der Waals surface area contributed by atoms with Gasteiger partial charge >= 0.3 is 0 Å². The molecule has 138 valence electrons. The zero-order valence-electron chi connectivity index (χ0n) is 14.8. The minimum absolute atomic E-state index is 0.213. The van der Waals surface area contributed by atoms with Gasteiger partial charge in [-0.3, -0.25) is 20.4 Å². The summed E-state index contributed by atoms with van der Waals surface area (Å²) in [4.78, 5) is 24.1. The lowest BCUT2D eigenvalue weighted by Crippen LogP contribution is -2.43. The number of benzene rings is 2. The number of hydrazine groups is 1. The van der Waals surface area contributed by atoms with E-state index >= 15 is 0 Å². The van der Waals surface area contributed by atoms with Crippen molar-refractivity contribution in [2.75, 3.05) is 6.61 Å². The third kappa shape index (κ3) is 4.66. The van der Waals surface area contributed by atoms with Crippen LogP contribution in [0.1, 0.15) is 21.5 Å². The molecular formula is C18H18N6O3. The average molecular weight is 366 g/mol. The van der Waals surface area contributed by atoms with Crippen LogP contribution >= 0.6 is 0 Å². The van der Waals surface area contributed by atoms with Crippen molar-refractivity contribution in [3.63, 3.8) is 0 Å². The first kappa shape index (κ1) is 18.1. The van der Waals surface area contributed by atoms with Crippen LogP contribution in [-0.4, -0.2) is 38.6 Å². The highest BCUT2D eigenvalue weighted by molar-refractivity contribution is 5.95. The van der Waals surface area contributed by atoms with Crippen LogP contribution in [0.4, 0.5) is 0 Å². The third-order valence-corrected chi connectivity index (χ3v) is 3.74. The molecule has 2 amide bonds. The molecular weight excluding hydrogens is 348 g/mol. The monoisotopic (exact) mass is 366 g/mol. The van der Waals surface area contributed by atoms with Crippen LogP contribution in [-0.2, 0) is 4.79 Å². The number of nitrogens with zero attached hydrogens (tertiary/aromatic N) is 4. The van der Waals surface area contributed by atoms with Gasteiger partial charge in [-0.2, -0.15) is 0 Å². The van der Waals surface area contributed by atoms with Crippen molar-refractivity contribution in [2.45, 2.75) is 13.8 Å². The maximum atomic E-state index is 12.2. The molecule has 1 heterocycles. The van der Waals surface area contributed by atoms with Gasteiger partial charge in [-0.15, -0.1) is 5.10 Å². The molecule has 0 aliphatic carbocycles. The quantitative estimate of drug-likeness (QED) is 0.655. The molecule has 0 aliphatic rings. The van der Waals surface area contributed by atoms with Gasteiger partial charge in [0.25, 0.3) is 11.8 Å². The zero-order valence-corrected chi connectivity index (χ0v) is 14.8. The number of amides is 2. The second kappa shape index (κ2) is 8.09. The molecule has 9 heteroatoms. The molecule has 27 heavy (non-hydrogen) atoms. The summed E-state index contributed by atoms with van der Waals surface area (Å²) in [7, 11) is 0. The molecule has 1 aromatic heterocycles. The molecule has 0 atom stereocenters. The van der Waals surface area contributed by atoms with Crippen LogP contribution in [0, 0.1) is 13.8 Å². The molecule has 0 spiro atoms. The lowest BCUT2D eigenvalue weighted by atomic mass is 10.1. The predicted octanol–water partition coefficient (Wildman–Crippen LogP) is 1.12. The molecule has 2 N–H and O–H groups in total. The van der Waals surface area contributed by atoms with Crippen molar-refractivity contribution >= 4 is 11.8 Å². The lowest BCUT2D eigenvalue weighted by Gasteiger charge is -2.11. The molecule has 0 aliphatic heterocycles. The predicted molar refractivity (Wildman–Crippen MR) is 96.2 cm³/mol. The van der Waals surface area contributed by atoms with Crippen molar-refractivity contribution in [3.05, 3.63) is 65.5 Å². The minimum Gasteiger partial charge on any atom is -0.483 e. The van der Waals surface area contributed by atoms with E-state index in [4.69, 9.17) is 4.74 Å². The van der Waals surface area contributed by atoms with Crippen molar-refractivity contribution in [3.8, 4) is 11.4 Å². The first-order valence-corrected chi connectivity index (χ1v) is 8.15. The number of hydrogen-bond acceptors (Lipinski definition) is 6. The topological polar surface area (TPSA) is 111 Å². The number of tetrazole rings is 1. The van der Waals surface area contributed by atoms with Gasteiger partial charge in [0.05, 0.1) is 5.69 Å². The summed E-state index contributed by atoms with van der Waals surface area (Å²) in [5.41, 5.74) is 7.61. The van der Waals surface area contributed by atoms with Gasteiger partial charge in [-0.05, 0) is 59.7 Å². The van der Waals surface area contributed by atoms with Crippen LogP contribution in [0.2, 0.25) is 0 Å². The van der Waals surface area contributed by atoms with Gasteiger partial charge in [0, 0.05) is 5.56 Å². The summed E-state index contributed by atoms with van der Waals surface area (Å²) < 4.78 is 6.92. The summed E-state index contributed by atoms with van der Waals surface area (Å²) in [6.07, 6.45) is 1.42. The molecule has 0 saturated carbocycles. The van der Waals surface area contributed by atoms with Gasteiger partial charge < -0.3 is 4.74 Å². The Morgan fingerprint density at radius 2 is 1.96 bits per heavy atom. The third-order valence-electron chi connectivity index (χ3n) is 3.74. The van der Waals surface area contributed by atoms with Gasteiger partial charge in [-0.25, -0.2) is 4.68 Å². The Balaban J connectivity index is 1.54. The highest BCUT2D eigenvalue weighted by Gasteiger charge is 2.10. The molecule has 3 rings (SSSR count). The summed E-state index contributed by atoms with van der Waals surface area (Å²) in [5, 5.41) is 10.9. The minimum atomic E-state index is -0.471. The Morgan fingerprint density at radius 3 is 2.74 bits per heavy atom. The smallest absolute Gasteiger partial charge is 0.276 e. The van der Waals surface area contributed by atoms with Gasteiger partial charge in [0.1, 0.15) is 12.1 Å². The second-order valence-corrected chi connectivity index (χ2v) is 5.86. The van der Waals surface area contributed by atoms with Gasteiger partial charge in [0.2, 0.25) is 0 Å². The van der Waals surface area contributed by atoms with E-state index in [2.05, 4.69) is 26.4 Å². The molecule has 9 nitrogen and oxygen atoms in total. The number of aromatic nitrogens is 4. The van der Waals surface area contributed by atoms with Crippen molar-refractivity contribution < 1.29 is 14.3 Å². The highest BCUT2D eigenvalue weighted by Crippen LogP contribution is 2.18. The fourth-order valence-corrected chi connectivity index (χ4v) is 2.31. The number of ether oxygens (including phenoxy) is 1. The van der Waals surface area contributed by atoms with E-state index in [-0.39, 0.29) is 6.61 Å². The standard InChI is InChI=1S/C18H18N6O3/c1-12-6-7-13(2)16(8-12)27-10-17(25)20-21-18(26)14-4-3-5-15(9-14)24-11-19-22-23-24/h3-9,11H,10H2,1-2H3,(H,20,25)(H,21,26). The van der Waals surface area contributed by atoms with Crippen LogP contribution in [0.15, 0.2) is 48.8 Å². The van der Waals surface area contributed by atoms with Gasteiger partial charge in [-0.1, -0.05) is 18.2 Å². The van der Waals surface area contributed by atoms with Crippen molar-refractivity contribution in [1.82, 2.24) is 31.1 Å². The van der Waals surface area contributed by atoms with Crippen LogP contribution in [0.5, 0.6) is 5.75 Å². The van der Waals surface area contributed by atoms with Crippen molar-refractivity contribution in [2.24, 2.45) is 0 Å². The average Bonchev–Trinajstić information content (AvgIpc) is 3.21. The fourth-order valence-electron chi connectivity index (χ4n) is 2.31. The summed E-state index contributed by atoms with van der Waals surface area (Å²) in [6.45, 7) is 3.62. The molecule has 0 radical (unpaired) electrons. The SMILES string of the molecule is Cc1ccc(C)c(OCC(=O)NNC(=O)c2cccc(-n3cnnn3)c2)c1. The molecule has 0 unspecified atom stereocenters. The van der Waals surface area contributed by atoms with Crippen LogP contribution in [0.3, 0.4) is 0 Å². The largest absolute Gasteiger partial charge is 0.483 e. The zero-order chi connectivity index (χ0) is 19.2. The number of rotatable bonds is 5. The number of nitrogens with one attached hydrogen (secondary N) is 2. The second-order valence-electron chi connectivity index (χ2n) is 5.86. The van der Waals surface area contributed by atoms with Crippen molar-refractivity contribution in [1.29, 1.82) is 0 Å².